The molecule has 0 saturated carbocycles. The molecule has 6 heteroatoms. The predicted molar refractivity (Wildman–Crippen MR) is 88.3 cm³/mol. The van der Waals surface area contributed by atoms with Gasteiger partial charge in [0.05, 0.1) is 18.1 Å². The third kappa shape index (κ3) is 3.39. The molecule has 0 spiro atoms. The number of allylic oxidation sites excluding steroid dienone is 1. The average Bonchev–Trinajstić information content (AvgIpc) is 3.15. The lowest BCUT2D eigenvalue weighted by molar-refractivity contribution is -0.0441. The molecule has 0 amide bonds. The van der Waals surface area contributed by atoms with E-state index in [2.05, 4.69) is 0 Å². The molecule has 0 unspecified atom stereocenters. The van der Waals surface area contributed by atoms with E-state index in [-0.39, 0.29) is 16.1 Å². The number of benzene rings is 2. The number of hydrogen-bond acceptors (Lipinski definition) is 5. The Bertz CT molecular complexity index is 875. The van der Waals surface area contributed by atoms with E-state index >= 15 is 0 Å². The molecular formula is C18H15NO4S. The van der Waals surface area contributed by atoms with Crippen LogP contribution in [0.25, 0.3) is 6.08 Å². The topological polar surface area (TPSA) is 76.4 Å². The first-order chi connectivity index (χ1) is 11.6. The molecule has 1 aliphatic rings. The summed E-state index contributed by atoms with van der Waals surface area (Å²) in [7, 11) is -3.82. The van der Waals surface area contributed by atoms with Gasteiger partial charge in [-0.2, -0.15) is 5.26 Å². The number of nitrogens with zero attached hydrogens (tertiary/aromatic N) is 1. The number of sulfone groups is 1. The molecule has 1 saturated heterocycles. The van der Waals surface area contributed by atoms with Crippen LogP contribution in [0, 0.1) is 11.3 Å². The fourth-order valence-corrected chi connectivity index (χ4v) is 3.53. The van der Waals surface area contributed by atoms with Gasteiger partial charge in [-0.3, -0.25) is 0 Å². The van der Waals surface area contributed by atoms with Crippen molar-refractivity contribution >= 4 is 15.9 Å². The first kappa shape index (κ1) is 16.4. The summed E-state index contributed by atoms with van der Waals surface area (Å²) in [5, 5.41) is 9.27. The van der Waals surface area contributed by atoms with E-state index in [1.807, 2.05) is 0 Å². The Labute approximate surface area is 140 Å². The molecule has 0 radical (unpaired) electrons. The Morgan fingerprint density at radius 3 is 2.25 bits per heavy atom. The lowest BCUT2D eigenvalue weighted by atomic mass is 10.1. The van der Waals surface area contributed by atoms with E-state index in [1.54, 1.807) is 48.5 Å². The Kier molecular flexibility index (Phi) is 4.76. The van der Waals surface area contributed by atoms with Crippen molar-refractivity contribution in [3.8, 4) is 6.07 Å². The number of ether oxygens (including phenoxy) is 2. The molecule has 3 rings (SSSR count). The van der Waals surface area contributed by atoms with Crippen molar-refractivity contribution in [2.45, 2.75) is 11.2 Å². The monoisotopic (exact) mass is 341 g/mol. The highest BCUT2D eigenvalue weighted by molar-refractivity contribution is 7.95. The maximum atomic E-state index is 12.5. The van der Waals surface area contributed by atoms with Gasteiger partial charge in [0.15, 0.2) is 6.29 Å². The molecular weight excluding hydrogens is 326 g/mol. The van der Waals surface area contributed by atoms with Gasteiger partial charge in [0.1, 0.15) is 11.0 Å². The largest absolute Gasteiger partial charge is 0.346 e. The van der Waals surface area contributed by atoms with Gasteiger partial charge < -0.3 is 9.47 Å². The molecule has 0 atom stereocenters. The SMILES string of the molecule is N#C/C(=C\c1ccc(C2OCCO2)cc1)S(=O)(=O)c1ccccc1. The molecule has 0 aromatic heterocycles. The minimum absolute atomic E-state index is 0.0992. The molecule has 0 N–H and O–H groups in total. The summed E-state index contributed by atoms with van der Waals surface area (Å²) in [6.07, 6.45) is 0.981. The third-order valence-electron chi connectivity index (χ3n) is 3.58. The molecule has 0 bridgehead atoms. The minimum Gasteiger partial charge on any atom is -0.346 e. The lowest BCUT2D eigenvalue weighted by Gasteiger charge is -2.09. The van der Waals surface area contributed by atoms with Crippen LogP contribution in [0.3, 0.4) is 0 Å². The standard InChI is InChI=1S/C18H15NO4S/c19-13-17(24(20,21)16-4-2-1-3-5-16)12-14-6-8-15(9-7-14)18-22-10-11-23-18/h1-9,12,18H,10-11H2/b17-12+. The second kappa shape index (κ2) is 6.97. The van der Waals surface area contributed by atoms with Gasteiger partial charge in [-0.15, -0.1) is 0 Å². The molecule has 122 valence electrons. The molecule has 2 aromatic carbocycles. The van der Waals surface area contributed by atoms with Crippen molar-refractivity contribution < 1.29 is 17.9 Å². The summed E-state index contributed by atoms with van der Waals surface area (Å²) in [6, 6.07) is 16.8. The van der Waals surface area contributed by atoms with Crippen LogP contribution in [-0.4, -0.2) is 21.6 Å². The number of rotatable bonds is 4. The smallest absolute Gasteiger partial charge is 0.216 e. The maximum absolute atomic E-state index is 12.5. The molecule has 1 fully saturated rings. The molecule has 1 aliphatic heterocycles. The van der Waals surface area contributed by atoms with E-state index in [0.29, 0.717) is 18.8 Å². The maximum Gasteiger partial charge on any atom is 0.216 e. The van der Waals surface area contributed by atoms with Gasteiger partial charge in [-0.1, -0.05) is 42.5 Å². The summed E-state index contributed by atoms with van der Waals surface area (Å²) in [5.74, 6) is 0. The molecule has 24 heavy (non-hydrogen) atoms. The number of hydrogen-bond donors (Lipinski definition) is 0. The van der Waals surface area contributed by atoms with E-state index < -0.39 is 9.84 Å². The van der Waals surface area contributed by atoms with Crippen LogP contribution in [0.15, 0.2) is 64.4 Å². The predicted octanol–water partition coefficient (Wildman–Crippen LogP) is 3.07. The van der Waals surface area contributed by atoms with Crippen molar-refractivity contribution in [2.24, 2.45) is 0 Å². The van der Waals surface area contributed by atoms with Crippen molar-refractivity contribution in [1.29, 1.82) is 5.26 Å². The summed E-state index contributed by atoms with van der Waals surface area (Å²) >= 11 is 0. The lowest BCUT2D eigenvalue weighted by Crippen LogP contribution is -2.03. The highest BCUT2D eigenvalue weighted by Crippen LogP contribution is 2.25. The van der Waals surface area contributed by atoms with Crippen molar-refractivity contribution in [3.05, 3.63) is 70.6 Å². The quantitative estimate of drug-likeness (QED) is 0.799. The van der Waals surface area contributed by atoms with Crippen molar-refractivity contribution in [2.75, 3.05) is 13.2 Å². The van der Waals surface area contributed by atoms with Gasteiger partial charge >= 0.3 is 0 Å². The van der Waals surface area contributed by atoms with Gasteiger partial charge in [-0.25, -0.2) is 8.42 Å². The van der Waals surface area contributed by atoms with E-state index in [1.165, 1.54) is 18.2 Å². The fraction of sp³-hybridized carbons (Fsp3) is 0.167. The first-order valence-electron chi connectivity index (χ1n) is 7.36. The Hall–Kier alpha value is -2.46. The highest BCUT2D eigenvalue weighted by atomic mass is 32.2. The first-order valence-corrected chi connectivity index (χ1v) is 8.85. The zero-order chi connectivity index (χ0) is 17.0. The van der Waals surface area contributed by atoms with Crippen LogP contribution in [-0.2, 0) is 19.3 Å². The molecule has 0 aliphatic carbocycles. The summed E-state index contributed by atoms with van der Waals surface area (Å²) < 4.78 is 35.8. The Morgan fingerprint density at radius 2 is 1.67 bits per heavy atom. The Morgan fingerprint density at radius 1 is 1.04 bits per heavy atom. The summed E-state index contributed by atoms with van der Waals surface area (Å²) in [6.45, 7) is 1.11. The van der Waals surface area contributed by atoms with E-state index in [0.717, 1.165) is 5.56 Å². The molecule has 5 nitrogen and oxygen atoms in total. The minimum atomic E-state index is -3.82. The molecule has 1 heterocycles. The summed E-state index contributed by atoms with van der Waals surface area (Å²) in [5.41, 5.74) is 1.47. The van der Waals surface area contributed by atoms with Gasteiger partial charge in [0.25, 0.3) is 0 Å². The van der Waals surface area contributed by atoms with Crippen LogP contribution in [0.5, 0.6) is 0 Å². The van der Waals surface area contributed by atoms with Crippen molar-refractivity contribution in [3.63, 3.8) is 0 Å². The highest BCUT2D eigenvalue weighted by Gasteiger charge is 2.21. The summed E-state index contributed by atoms with van der Waals surface area (Å²) in [4.78, 5) is -0.197. The van der Waals surface area contributed by atoms with Gasteiger partial charge in [0, 0.05) is 5.56 Å². The number of nitriles is 1. The van der Waals surface area contributed by atoms with Gasteiger partial charge in [0.2, 0.25) is 9.84 Å². The second-order valence-corrected chi connectivity index (χ2v) is 7.10. The Balaban J connectivity index is 1.89. The van der Waals surface area contributed by atoms with Crippen LogP contribution in [0.1, 0.15) is 17.4 Å². The van der Waals surface area contributed by atoms with Crippen LogP contribution >= 0.6 is 0 Å². The average molecular weight is 341 g/mol. The second-order valence-electron chi connectivity index (χ2n) is 5.18. The fourth-order valence-electron chi connectivity index (χ4n) is 2.35. The van der Waals surface area contributed by atoms with Crippen LogP contribution < -0.4 is 0 Å². The van der Waals surface area contributed by atoms with Crippen molar-refractivity contribution in [1.82, 2.24) is 0 Å². The van der Waals surface area contributed by atoms with Gasteiger partial charge in [-0.05, 0) is 23.8 Å². The zero-order valence-electron chi connectivity index (χ0n) is 12.8. The van der Waals surface area contributed by atoms with E-state index in [9.17, 15) is 13.7 Å². The van der Waals surface area contributed by atoms with E-state index in [4.69, 9.17) is 9.47 Å². The normalized spacial score (nSPS) is 16.0. The van der Waals surface area contributed by atoms with Crippen LogP contribution in [0.2, 0.25) is 0 Å². The van der Waals surface area contributed by atoms with Crippen LogP contribution in [0.4, 0.5) is 0 Å². The zero-order valence-corrected chi connectivity index (χ0v) is 13.6. The third-order valence-corrected chi connectivity index (χ3v) is 5.26. The molecule has 2 aromatic rings.